The minimum Gasteiger partial charge on any atom is -0.464 e. The van der Waals surface area contributed by atoms with Crippen LogP contribution >= 0.6 is 0 Å². The second-order valence-electron chi connectivity index (χ2n) is 7.47. The number of carbonyl (C=O) groups is 2. The van der Waals surface area contributed by atoms with Crippen LogP contribution in [0.2, 0.25) is 0 Å². The van der Waals surface area contributed by atoms with Crippen molar-refractivity contribution in [3.05, 3.63) is 23.7 Å². The Kier molecular flexibility index (Phi) is 4.54. The van der Waals surface area contributed by atoms with Crippen LogP contribution in [-0.4, -0.2) is 54.5 Å². The van der Waals surface area contributed by atoms with Crippen molar-refractivity contribution in [3.63, 3.8) is 0 Å². The zero-order chi connectivity index (χ0) is 17.4. The monoisotopic (exact) mass is 346 g/mol. The number of nitrogens with zero attached hydrogens (tertiary/aromatic N) is 2. The fourth-order valence-electron chi connectivity index (χ4n) is 3.94. The van der Waals surface area contributed by atoms with Gasteiger partial charge in [-0.3, -0.25) is 9.59 Å². The Hall–Kier alpha value is -1.82. The molecule has 0 unspecified atom stereocenters. The Morgan fingerprint density at radius 3 is 2.64 bits per heavy atom. The van der Waals surface area contributed by atoms with Gasteiger partial charge in [0.15, 0.2) is 0 Å². The third kappa shape index (κ3) is 3.45. The molecule has 1 aromatic heterocycles. The summed E-state index contributed by atoms with van der Waals surface area (Å²) >= 11 is 0. The lowest BCUT2D eigenvalue weighted by Gasteiger charge is -2.39. The van der Waals surface area contributed by atoms with Crippen molar-refractivity contribution in [1.29, 1.82) is 0 Å². The van der Waals surface area contributed by atoms with E-state index in [4.69, 9.17) is 9.15 Å². The molecule has 1 saturated carbocycles. The summed E-state index contributed by atoms with van der Waals surface area (Å²) in [6, 6.07) is 3.69. The summed E-state index contributed by atoms with van der Waals surface area (Å²) in [6.45, 7) is 4.87. The summed E-state index contributed by atoms with van der Waals surface area (Å²) in [6.07, 6.45) is 3.78. The number of hydrogen-bond donors (Lipinski definition) is 0. The smallest absolute Gasteiger partial charge is 0.228 e. The minimum atomic E-state index is -0.163. The number of aryl methyl sites for hydroxylation is 1. The van der Waals surface area contributed by atoms with Gasteiger partial charge in [-0.05, 0) is 44.7 Å². The molecule has 25 heavy (non-hydrogen) atoms. The standard InChI is InChI=1S/C19H26N2O4/c1-13-4-7-17(25-13)16-12-24-10-9-21(16)19(23)15-3-2-8-20(11-15)18(22)14-5-6-14/h4,7,14-16H,2-3,5-6,8-12H2,1H3/t15-,16+/m0/s1. The van der Waals surface area contributed by atoms with Gasteiger partial charge in [-0.15, -0.1) is 0 Å². The van der Waals surface area contributed by atoms with Crippen LogP contribution in [0, 0.1) is 18.8 Å². The van der Waals surface area contributed by atoms with Crippen LogP contribution in [0.1, 0.15) is 43.2 Å². The van der Waals surface area contributed by atoms with Gasteiger partial charge in [-0.1, -0.05) is 0 Å². The molecule has 0 spiro atoms. The lowest BCUT2D eigenvalue weighted by Crippen LogP contribution is -2.50. The first-order valence-corrected chi connectivity index (χ1v) is 9.37. The van der Waals surface area contributed by atoms with E-state index >= 15 is 0 Å². The Balaban J connectivity index is 1.46. The van der Waals surface area contributed by atoms with Crippen LogP contribution in [0.3, 0.4) is 0 Å². The highest BCUT2D eigenvalue weighted by atomic mass is 16.5. The zero-order valence-corrected chi connectivity index (χ0v) is 14.8. The number of furan rings is 1. The molecule has 3 heterocycles. The third-order valence-electron chi connectivity index (χ3n) is 5.51. The average molecular weight is 346 g/mol. The van der Waals surface area contributed by atoms with Crippen LogP contribution < -0.4 is 0 Å². The molecule has 6 heteroatoms. The van der Waals surface area contributed by atoms with Gasteiger partial charge in [0.05, 0.1) is 19.1 Å². The molecule has 3 fully saturated rings. The number of morpholine rings is 1. The molecule has 3 aliphatic rings. The molecule has 1 aliphatic carbocycles. The molecule has 2 saturated heterocycles. The molecule has 0 N–H and O–H groups in total. The van der Waals surface area contributed by atoms with Crippen LogP contribution in [0.5, 0.6) is 0 Å². The molecule has 0 bridgehead atoms. The number of carbonyl (C=O) groups excluding carboxylic acids is 2. The number of rotatable bonds is 3. The van der Waals surface area contributed by atoms with Crippen LogP contribution in [0.4, 0.5) is 0 Å². The Morgan fingerprint density at radius 1 is 1.08 bits per heavy atom. The second-order valence-corrected chi connectivity index (χ2v) is 7.47. The van der Waals surface area contributed by atoms with Crippen molar-refractivity contribution in [2.45, 2.75) is 38.6 Å². The first-order valence-electron chi connectivity index (χ1n) is 9.37. The van der Waals surface area contributed by atoms with E-state index in [9.17, 15) is 9.59 Å². The van der Waals surface area contributed by atoms with Gasteiger partial charge in [-0.2, -0.15) is 0 Å². The highest BCUT2D eigenvalue weighted by Gasteiger charge is 2.39. The van der Waals surface area contributed by atoms with Gasteiger partial charge >= 0.3 is 0 Å². The fraction of sp³-hybridized carbons (Fsp3) is 0.684. The number of likely N-dealkylation sites (tertiary alicyclic amines) is 1. The number of piperidine rings is 1. The molecule has 2 aliphatic heterocycles. The highest BCUT2D eigenvalue weighted by Crippen LogP contribution is 2.34. The summed E-state index contributed by atoms with van der Waals surface area (Å²) in [4.78, 5) is 29.4. The lowest BCUT2D eigenvalue weighted by molar-refractivity contribution is -0.149. The fourth-order valence-corrected chi connectivity index (χ4v) is 3.94. The lowest BCUT2D eigenvalue weighted by atomic mass is 9.95. The number of hydrogen-bond acceptors (Lipinski definition) is 4. The summed E-state index contributed by atoms with van der Waals surface area (Å²) in [5.41, 5.74) is 0. The molecule has 6 nitrogen and oxygen atoms in total. The van der Waals surface area contributed by atoms with Crippen molar-refractivity contribution in [3.8, 4) is 0 Å². The van der Waals surface area contributed by atoms with Crippen LogP contribution in [-0.2, 0) is 14.3 Å². The molecule has 4 rings (SSSR count). The van der Waals surface area contributed by atoms with Crippen molar-refractivity contribution in [1.82, 2.24) is 9.80 Å². The van der Waals surface area contributed by atoms with E-state index in [1.54, 1.807) is 0 Å². The summed E-state index contributed by atoms with van der Waals surface area (Å²) < 4.78 is 11.3. The van der Waals surface area contributed by atoms with Gasteiger partial charge in [0, 0.05) is 25.6 Å². The molecule has 2 atom stereocenters. The van der Waals surface area contributed by atoms with Crippen molar-refractivity contribution >= 4 is 11.8 Å². The normalized spacial score (nSPS) is 27.4. The first kappa shape index (κ1) is 16.6. The van der Waals surface area contributed by atoms with Gasteiger partial charge < -0.3 is 19.0 Å². The van der Waals surface area contributed by atoms with E-state index in [0.717, 1.165) is 43.7 Å². The first-order chi connectivity index (χ1) is 12.1. The quantitative estimate of drug-likeness (QED) is 0.841. The van der Waals surface area contributed by atoms with E-state index < -0.39 is 0 Å². The van der Waals surface area contributed by atoms with Gasteiger partial charge in [0.25, 0.3) is 0 Å². The van der Waals surface area contributed by atoms with E-state index in [1.165, 1.54) is 0 Å². The molecule has 2 amide bonds. The molecule has 0 radical (unpaired) electrons. The molecule has 1 aromatic rings. The second kappa shape index (κ2) is 6.83. The molecule has 0 aromatic carbocycles. The van der Waals surface area contributed by atoms with Crippen molar-refractivity contribution in [2.24, 2.45) is 11.8 Å². The largest absolute Gasteiger partial charge is 0.464 e. The van der Waals surface area contributed by atoms with Crippen LogP contribution in [0.15, 0.2) is 16.5 Å². The van der Waals surface area contributed by atoms with E-state index in [0.29, 0.717) is 26.3 Å². The Labute approximate surface area is 148 Å². The topological polar surface area (TPSA) is 63.0 Å². The maximum absolute atomic E-state index is 13.2. The van der Waals surface area contributed by atoms with Gasteiger partial charge in [0.1, 0.15) is 17.6 Å². The highest BCUT2D eigenvalue weighted by molar-refractivity contribution is 5.83. The summed E-state index contributed by atoms with van der Waals surface area (Å²) in [7, 11) is 0. The Morgan fingerprint density at radius 2 is 1.92 bits per heavy atom. The summed E-state index contributed by atoms with van der Waals surface area (Å²) in [5.74, 6) is 2.12. The minimum absolute atomic E-state index is 0.104. The van der Waals surface area contributed by atoms with E-state index in [1.807, 2.05) is 28.9 Å². The van der Waals surface area contributed by atoms with Crippen LogP contribution in [0.25, 0.3) is 0 Å². The predicted octanol–water partition coefficient (Wildman–Crippen LogP) is 2.14. The third-order valence-corrected chi connectivity index (χ3v) is 5.51. The molecule has 136 valence electrons. The maximum Gasteiger partial charge on any atom is 0.228 e. The average Bonchev–Trinajstić information content (AvgIpc) is 3.41. The van der Waals surface area contributed by atoms with Gasteiger partial charge in [0.2, 0.25) is 11.8 Å². The molecular weight excluding hydrogens is 320 g/mol. The predicted molar refractivity (Wildman–Crippen MR) is 90.7 cm³/mol. The zero-order valence-electron chi connectivity index (χ0n) is 14.8. The van der Waals surface area contributed by atoms with Crippen molar-refractivity contribution < 1.29 is 18.7 Å². The summed E-state index contributed by atoms with van der Waals surface area (Å²) in [5, 5.41) is 0. The van der Waals surface area contributed by atoms with Crippen molar-refractivity contribution in [2.75, 3.05) is 32.8 Å². The SMILES string of the molecule is Cc1ccc([C@H]2COCCN2C(=O)[C@H]2CCCN(C(=O)C3CC3)C2)o1. The molecular formula is C19H26N2O4. The number of ether oxygens (including phenoxy) is 1. The van der Waals surface area contributed by atoms with E-state index in [2.05, 4.69) is 0 Å². The Bertz CT molecular complexity index is 652. The van der Waals surface area contributed by atoms with E-state index in [-0.39, 0.29) is 29.7 Å². The number of amides is 2. The van der Waals surface area contributed by atoms with Gasteiger partial charge in [-0.25, -0.2) is 0 Å². The maximum atomic E-state index is 13.2.